The predicted molar refractivity (Wildman–Crippen MR) is 53.7 cm³/mol. The molecule has 0 heterocycles. The van der Waals surface area contributed by atoms with Crippen LogP contribution < -0.4 is 5.32 Å². The second-order valence-electron chi connectivity index (χ2n) is 2.50. The molecule has 0 radical (unpaired) electrons. The van der Waals surface area contributed by atoms with Crippen molar-refractivity contribution >= 4 is 23.2 Å². The van der Waals surface area contributed by atoms with Gasteiger partial charge in [-0.05, 0) is 13.8 Å². The lowest BCUT2D eigenvalue weighted by Crippen LogP contribution is -2.31. The monoisotopic (exact) mass is 211 g/mol. The third-order valence-corrected chi connectivity index (χ3v) is 1.93. The topological polar surface area (TPSA) is 21.3 Å². The molecule has 0 bridgehead atoms. The van der Waals surface area contributed by atoms with Gasteiger partial charge in [0.05, 0.1) is 6.61 Å². The largest absolute Gasteiger partial charge is 0.380 e. The molecule has 1 atom stereocenters. The van der Waals surface area contributed by atoms with Crippen LogP contribution in [0.2, 0.25) is 0 Å². The molecule has 0 aliphatic carbocycles. The minimum absolute atomic E-state index is 0.301. The van der Waals surface area contributed by atoms with Crippen molar-refractivity contribution in [1.29, 1.82) is 0 Å². The Hall–Kier alpha value is 0.240. The zero-order valence-corrected chi connectivity index (χ0v) is 8.95. The van der Waals surface area contributed by atoms with E-state index in [0.29, 0.717) is 24.2 Å². The van der Waals surface area contributed by atoms with Gasteiger partial charge in [0.25, 0.3) is 0 Å². The molecule has 1 N–H and O–H groups in total. The summed E-state index contributed by atoms with van der Waals surface area (Å²) in [6.45, 7) is 6.04. The zero-order chi connectivity index (χ0) is 9.40. The smallest absolute Gasteiger partial charge is 0.0616 e. The van der Waals surface area contributed by atoms with E-state index in [0.717, 1.165) is 6.61 Å². The van der Waals surface area contributed by atoms with Gasteiger partial charge in [0, 0.05) is 29.8 Å². The van der Waals surface area contributed by atoms with Crippen molar-refractivity contribution in [3.63, 3.8) is 0 Å². The Morgan fingerprint density at radius 3 is 2.83 bits per heavy atom. The molecular weight excluding hydrogens is 197 g/mol. The molecule has 12 heavy (non-hydrogen) atoms. The summed E-state index contributed by atoms with van der Waals surface area (Å²) in [5.74, 6) is 0. The van der Waals surface area contributed by atoms with E-state index in [4.69, 9.17) is 27.9 Å². The fourth-order valence-corrected chi connectivity index (χ4v) is 0.818. The molecule has 1 unspecified atom stereocenters. The van der Waals surface area contributed by atoms with Gasteiger partial charge in [0.1, 0.15) is 0 Å². The van der Waals surface area contributed by atoms with Crippen molar-refractivity contribution in [2.45, 2.75) is 19.9 Å². The van der Waals surface area contributed by atoms with E-state index in [1.54, 1.807) is 0 Å². The normalized spacial score (nSPS) is 14.8. The van der Waals surface area contributed by atoms with Crippen LogP contribution in [0, 0.1) is 0 Å². The fourth-order valence-electron chi connectivity index (χ4n) is 0.664. The minimum atomic E-state index is 0.301. The molecule has 0 saturated heterocycles. The standard InChI is InChI=1S/C8H15Cl2NO/c1-3-12-6-7(2)11-5-8(10)4-9/h4,7,11H,3,5-6H2,1-2H3. The second-order valence-corrected chi connectivity index (χ2v) is 3.20. The summed E-state index contributed by atoms with van der Waals surface area (Å²) in [4.78, 5) is 0. The first kappa shape index (κ1) is 12.2. The summed E-state index contributed by atoms with van der Waals surface area (Å²) in [6, 6.07) is 0.301. The SMILES string of the molecule is CCOCC(C)NCC(Cl)=CCl. The maximum absolute atomic E-state index is 5.67. The molecule has 0 amide bonds. The molecule has 0 aromatic carbocycles. The van der Waals surface area contributed by atoms with Crippen LogP contribution in [-0.4, -0.2) is 25.8 Å². The molecule has 72 valence electrons. The highest BCUT2D eigenvalue weighted by Crippen LogP contribution is 2.00. The Morgan fingerprint density at radius 1 is 1.67 bits per heavy atom. The summed E-state index contributed by atoms with van der Waals surface area (Å²) >= 11 is 11.0. The van der Waals surface area contributed by atoms with Crippen molar-refractivity contribution < 1.29 is 4.74 Å². The van der Waals surface area contributed by atoms with Crippen LogP contribution in [0.4, 0.5) is 0 Å². The van der Waals surface area contributed by atoms with E-state index in [9.17, 15) is 0 Å². The Kier molecular flexibility index (Phi) is 8.02. The van der Waals surface area contributed by atoms with Gasteiger partial charge in [-0.25, -0.2) is 0 Å². The van der Waals surface area contributed by atoms with Crippen molar-refractivity contribution in [2.24, 2.45) is 0 Å². The van der Waals surface area contributed by atoms with Gasteiger partial charge in [-0.1, -0.05) is 23.2 Å². The lowest BCUT2D eigenvalue weighted by molar-refractivity contribution is 0.128. The average Bonchev–Trinajstić information content (AvgIpc) is 2.10. The van der Waals surface area contributed by atoms with E-state index in [-0.39, 0.29) is 0 Å². The van der Waals surface area contributed by atoms with Gasteiger partial charge in [-0.2, -0.15) is 0 Å². The van der Waals surface area contributed by atoms with E-state index in [1.807, 2.05) is 13.8 Å². The predicted octanol–water partition coefficient (Wildman–Crippen LogP) is 2.32. The third-order valence-electron chi connectivity index (χ3n) is 1.31. The Balaban J connectivity index is 3.37. The molecule has 0 fully saturated rings. The number of halogens is 2. The van der Waals surface area contributed by atoms with Crippen molar-refractivity contribution in [3.8, 4) is 0 Å². The molecular formula is C8H15Cl2NO. The van der Waals surface area contributed by atoms with Gasteiger partial charge >= 0.3 is 0 Å². The second kappa shape index (κ2) is 7.87. The van der Waals surface area contributed by atoms with Gasteiger partial charge in [-0.15, -0.1) is 0 Å². The Morgan fingerprint density at radius 2 is 2.33 bits per heavy atom. The molecule has 0 aromatic rings. The maximum atomic E-state index is 5.67. The van der Waals surface area contributed by atoms with Crippen LogP contribution in [0.1, 0.15) is 13.8 Å². The lowest BCUT2D eigenvalue weighted by Gasteiger charge is -2.12. The number of nitrogens with one attached hydrogen (secondary N) is 1. The molecule has 0 saturated carbocycles. The maximum Gasteiger partial charge on any atom is 0.0616 e. The molecule has 0 aliphatic rings. The van der Waals surface area contributed by atoms with Gasteiger partial charge in [0.15, 0.2) is 0 Å². The summed E-state index contributed by atoms with van der Waals surface area (Å²) in [6.07, 6.45) is 0. The summed E-state index contributed by atoms with van der Waals surface area (Å²) < 4.78 is 5.20. The van der Waals surface area contributed by atoms with E-state index in [2.05, 4.69) is 5.32 Å². The number of hydrogen-bond donors (Lipinski definition) is 1. The van der Waals surface area contributed by atoms with Crippen LogP contribution in [0.5, 0.6) is 0 Å². The fraction of sp³-hybridized carbons (Fsp3) is 0.750. The van der Waals surface area contributed by atoms with Gasteiger partial charge < -0.3 is 10.1 Å². The Bertz CT molecular complexity index is 139. The highest BCUT2D eigenvalue weighted by atomic mass is 35.5. The number of rotatable bonds is 6. The van der Waals surface area contributed by atoms with E-state index in [1.165, 1.54) is 5.54 Å². The van der Waals surface area contributed by atoms with Crippen LogP contribution in [-0.2, 0) is 4.74 Å². The van der Waals surface area contributed by atoms with Gasteiger partial charge in [-0.3, -0.25) is 0 Å². The molecule has 0 aromatic heterocycles. The molecule has 2 nitrogen and oxygen atoms in total. The lowest BCUT2D eigenvalue weighted by atomic mass is 10.3. The zero-order valence-electron chi connectivity index (χ0n) is 7.44. The first-order valence-electron chi connectivity index (χ1n) is 3.96. The minimum Gasteiger partial charge on any atom is -0.380 e. The highest BCUT2D eigenvalue weighted by Gasteiger charge is 2.00. The number of hydrogen-bond acceptors (Lipinski definition) is 2. The molecule has 4 heteroatoms. The van der Waals surface area contributed by atoms with Crippen LogP contribution in [0.25, 0.3) is 0 Å². The van der Waals surface area contributed by atoms with Crippen molar-refractivity contribution in [3.05, 3.63) is 10.6 Å². The molecule has 0 rings (SSSR count). The molecule has 0 aliphatic heterocycles. The summed E-state index contributed by atoms with van der Waals surface area (Å²) in [5, 5.41) is 3.77. The van der Waals surface area contributed by atoms with Crippen LogP contribution >= 0.6 is 23.2 Å². The van der Waals surface area contributed by atoms with Crippen molar-refractivity contribution in [2.75, 3.05) is 19.8 Å². The summed E-state index contributed by atoms with van der Waals surface area (Å²) in [5.41, 5.74) is 1.36. The van der Waals surface area contributed by atoms with Crippen LogP contribution in [0.15, 0.2) is 10.6 Å². The third kappa shape index (κ3) is 6.92. The first-order valence-corrected chi connectivity index (χ1v) is 4.78. The van der Waals surface area contributed by atoms with Gasteiger partial charge in [0.2, 0.25) is 0 Å². The number of ether oxygens (including phenoxy) is 1. The molecule has 0 spiro atoms. The van der Waals surface area contributed by atoms with E-state index >= 15 is 0 Å². The highest BCUT2D eigenvalue weighted by molar-refractivity contribution is 6.36. The first-order chi connectivity index (χ1) is 5.70. The average molecular weight is 212 g/mol. The van der Waals surface area contributed by atoms with Crippen LogP contribution in [0.3, 0.4) is 0 Å². The Labute approximate surface area is 83.9 Å². The van der Waals surface area contributed by atoms with E-state index < -0.39 is 0 Å². The van der Waals surface area contributed by atoms with Crippen molar-refractivity contribution in [1.82, 2.24) is 5.32 Å². The quantitative estimate of drug-likeness (QED) is 0.729. The summed E-state index contributed by atoms with van der Waals surface area (Å²) in [7, 11) is 0.